The molecule has 0 spiro atoms. The lowest BCUT2D eigenvalue weighted by molar-refractivity contribution is -0.122. The molecule has 0 N–H and O–H groups in total. The molecule has 6 nitrogen and oxygen atoms in total. The summed E-state index contributed by atoms with van der Waals surface area (Å²) in [7, 11) is 0. The number of hydrogen-bond donors (Lipinski definition) is 0. The Morgan fingerprint density at radius 2 is 1.78 bits per heavy atom. The summed E-state index contributed by atoms with van der Waals surface area (Å²) in [6.07, 6.45) is 6.25. The van der Waals surface area contributed by atoms with E-state index in [-0.39, 0.29) is 11.5 Å². The van der Waals surface area contributed by atoms with Crippen molar-refractivity contribution in [2.75, 3.05) is 24.5 Å². The fourth-order valence-corrected chi connectivity index (χ4v) is 5.39. The number of carbonyl (C=O) groups is 1. The maximum atomic E-state index is 13.4. The third-order valence-electron chi connectivity index (χ3n) is 5.77. The zero-order valence-corrected chi connectivity index (χ0v) is 19.1. The zero-order valence-electron chi connectivity index (χ0n) is 17.4. The first-order valence-corrected chi connectivity index (χ1v) is 11.9. The largest absolute Gasteiger partial charge is 0.356 e. The molecule has 1 aromatic carbocycles. The van der Waals surface area contributed by atoms with Gasteiger partial charge in [-0.05, 0) is 43.0 Å². The average molecular weight is 463 g/mol. The molecule has 162 valence electrons. The highest BCUT2D eigenvalue weighted by molar-refractivity contribution is 8.26. The van der Waals surface area contributed by atoms with Crippen LogP contribution in [0.1, 0.15) is 24.0 Å². The zero-order chi connectivity index (χ0) is 22.1. The molecular weight excluding hydrogens is 440 g/mol. The molecule has 0 radical (unpaired) electrons. The Morgan fingerprint density at radius 1 is 1.03 bits per heavy atom. The van der Waals surface area contributed by atoms with E-state index in [9.17, 15) is 9.59 Å². The number of benzene rings is 1. The van der Waals surface area contributed by atoms with E-state index in [1.807, 2.05) is 42.5 Å². The third-order valence-corrected chi connectivity index (χ3v) is 7.15. The van der Waals surface area contributed by atoms with Gasteiger partial charge in [0.15, 0.2) is 0 Å². The number of thiocarbonyl (C=S) groups is 1. The predicted molar refractivity (Wildman–Crippen MR) is 133 cm³/mol. The van der Waals surface area contributed by atoms with Gasteiger partial charge in [0, 0.05) is 25.8 Å². The number of amides is 1. The van der Waals surface area contributed by atoms with Gasteiger partial charge in [-0.3, -0.25) is 18.9 Å². The Morgan fingerprint density at radius 3 is 2.56 bits per heavy atom. The summed E-state index contributed by atoms with van der Waals surface area (Å²) >= 11 is 6.75. The Balaban J connectivity index is 1.50. The van der Waals surface area contributed by atoms with Crippen LogP contribution in [-0.4, -0.2) is 44.1 Å². The van der Waals surface area contributed by atoms with Gasteiger partial charge in [0.2, 0.25) is 0 Å². The van der Waals surface area contributed by atoms with Crippen molar-refractivity contribution in [3.8, 4) is 0 Å². The van der Waals surface area contributed by atoms with Crippen LogP contribution in [0, 0.1) is 0 Å². The van der Waals surface area contributed by atoms with Gasteiger partial charge in [0.25, 0.3) is 11.5 Å². The normalized spacial score (nSPS) is 17.8. The SMILES string of the molecule is O=C1/C(=C/c2c(N3CCCC3)nc3ccccn3c2=O)SC(=S)N1CCc1ccccc1. The van der Waals surface area contributed by atoms with E-state index in [4.69, 9.17) is 17.2 Å². The van der Waals surface area contributed by atoms with E-state index in [0.717, 1.165) is 37.9 Å². The molecule has 2 aliphatic heterocycles. The second-order valence-corrected chi connectivity index (χ2v) is 9.52. The van der Waals surface area contributed by atoms with Crippen LogP contribution in [0.5, 0.6) is 0 Å². The van der Waals surface area contributed by atoms with Crippen LogP contribution in [0.25, 0.3) is 11.7 Å². The van der Waals surface area contributed by atoms with Gasteiger partial charge in [-0.25, -0.2) is 4.98 Å². The summed E-state index contributed by atoms with van der Waals surface area (Å²) in [6, 6.07) is 15.5. The lowest BCUT2D eigenvalue weighted by Crippen LogP contribution is -2.30. The number of nitrogens with zero attached hydrogens (tertiary/aromatic N) is 4. The first kappa shape index (κ1) is 20.9. The minimum absolute atomic E-state index is 0.152. The van der Waals surface area contributed by atoms with Gasteiger partial charge in [-0.15, -0.1) is 0 Å². The summed E-state index contributed by atoms with van der Waals surface area (Å²) < 4.78 is 2.05. The molecule has 32 heavy (non-hydrogen) atoms. The standard InChI is InChI=1S/C24H22N4O2S2/c29-22-18(21(26-12-6-7-13-26)25-20-10-4-5-14-27(20)22)16-19-23(30)28(24(31)32-19)15-11-17-8-2-1-3-9-17/h1-5,8-10,14,16H,6-7,11-13,15H2/b19-16-. The van der Waals surface area contributed by atoms with Crippen molar-refractivity contribution in [3.63, 3.8) is 0 Å². The molecule has 8 heteroatoms. The summed E-state index contributed by atoms with van der Waals surface area (Å²) in [5.74, 6) is 0.495. The van der Waals surface area contributed by atoms with Gasteiger partial charge in [-0.1, -0.05) is 60.4 Å². The van der Waals surface area contributed by atoms with Crippen LogP contribution < -0.4 is 10.5 Å². The number of aromatic nitrogens is 2. The highest BCUT2D eigenvalue weighted by atomic mass is 32.2. The number of thioether (sulfide) groups is 1. The first-order valence-electron chi connectivity index (χ1n) is 10.7. The molecule has 2 saturated heterocycles. The molecule has 3 aromatic rings. The molecule has 0 aliphatic carbocycles. The van der Waals surface area contributed by atoms with Crippen molar-refractivity contribution < 1.29 is 4.79 Å². The molecule has 2 aliphatic rings. The second-order valence-electron chi connectivity index (χ2n) is 7.85. The summed E-state index contributed by atoms with van der Waals surface area (Å²) in [6.45, 7) is 2.22. The van der Waals surface area contributed by atoms with Crippen molar-refractivity contribution in [1.82, 2.24) is 14.3 Å². The van der Waals surface area contributed by atoms with Crippen molar-refractivity contribution in [2.45, 2.75) is 19.3 Å². The van der Waals surface area contributed by atoms with Gasteiger partial charge in [0.1, 0.15) is 15.8 Å². The summed E-state index contributed by atoms with van der Waals surface area (Å²) in [5, 5.41) is 0. The number of hydrogen-bond acceptors (Lipinski definition) is 6. The van der Waals surface area contributed by atoms with E-state index in [2.05, 4.69) is 4.90 Å². The van der Waals surface area contributed by atoms with E-state index < -0.39 is 0 Å². The molecule has 1 amide bonds. The number of anilines is 1. The van der Waals surface area contributed by atoms with Gasteiger partial charge >= 0.3 is 0 Å². The predicted octanol–water partition coefficient (Wildman–Crippen LogP) is 3.74. The summed E-state index contributed by atoms with van der Waals surface area (Å²) in [5.41, 5.74) is 2.02. The van der Waals surface area contributed by atoms with Crippen LogP contribution >= 0.6 is 24.0 Å². The molecule has 4 heterocycles. The molecule has 0 saturated carbocycles. The van der Waals surface area contributed by atoms with Crippen LogP contribution in [0.2, 0.25) is 0 Å². The van der Waals surface area contributed by atoms with Crippen LogP contribution in [0.15, 0.2) is 64.4 Å². The Kier molecular flexibility index (Phi) is 5.80. The number of fused-ring (bicyclic) bond motifs is 1. The maximum Gasteiger partial charge on any atom is 0.267 e. The highest BCUT2D eigenvalue weighted by Crippen LogP contribution is 2.34. The number of rotatable bonds is 5. The number of pyridine rings is 1. The minimum Gasteiger partial charge on any atom is -0.356 e. The topological polar surface area (TPSA) is 57.9 Å². The summed E-state index contributed by atoms with van der Waals surface area (Å²) in [4.78, 5) is 35.5. The molecule has 5 rings (SSSR count). The third kappa shape index (κ3) is 3.96. The van der Waals surface area contributed by atoms with Crippen molar-refractivity contribution >= 4 is 51.7 Å². The van der Waals surface area contributed by atoms with Gasteiger partial charge in [0.05, 0.1) is 10.5 Å². The second kappa shape index (κ2) is 8.88. The molecule has 0 unspecified atom stereocenters. The lowest BCUT2D eigenvalue weighted by atomic mass is 10.1. The Hall–Kier alpha value is -2.97. The molecule has 0 atom stereocenters. The monoisotopic (exact) mass is 462 g/mol. The first-order chi connectivity index (χ1) is 15.6. The van der Waals surface area contributed by atoms with E-state index in [1.165, 1.54) is 16.2 Å². The van der Waals surface area contributed by atoms with Crippen LogP contribution in [-0.2, 0) is 11.2 Å². The molecule has 2 aromatic heterocycles. The highest BCUT2D eigenvalue weighted by Gasteiger charge is 2.32. The lowest BCUT2D eigenvalue weighted by Gasteiger charge is -2.19. The Labute approximate surface area is 195 Å². The quantitative estimate of drug-likeness (QED) is 0.425. The van der Waals surface area contributed by atoms with E-state index in [0.29, 0.717) is 32.8 Å². The molecular formula is C24H22N4O2S2. The van der Waals surface area contributed by atoms with Crippen LogP contribution in [0.4, 0.5) is 5.82 Å². The van der Waals surface area contributed by atoms with Crippen molar-refractivity contribution in [3.05, 3.63) is 81.1 Å². The molecule has 2 fully saturated rings. The smallest absolute Gasteiger partial charge is 0.267 e. The van der Waals surface area contributed by atoms with Gasteiger partial charge < -0.3 is 4.90 Å². The van der Waals surface area contributed by atoms with E-state index >= 15 is 0 Å². The fraction of sp³-hybridized carbons (Fsp3) is 0.250. The van der Waals surface area contributed by atoms with Crippen LogP contribution in [0.3, 0.4) is 0 Å². The number of carbonyl (C=O) groups excluding carboxylic acids is 1. The maximum absolute atomic E-state index is 13.4. The Bertz CT molecular complexity index is 1280. The minimum atomic E-state index is -0.174. The molecule has 0 bridgehead atoms. The van der Waals surface area contributed by atoms with Gasteiger partial charge in [-0.2, -0.15) is 0 Å². The van der Waals surface area contributed by atoms with E-state index in [1.54, 1.807) is 23.2 Å². The average Bonchev–Trinajstić information content (AvgIpc) is 3.44. The van der Waals surface area contributed by atoms with Crippen molar-refractivity contribution in [2.24, 2.45) is 0 Å². The van der Waals surface area contributed by atoms with Crippen molar-refractivity contribution in [1.29, 1.82) is 0 Å². The fourth-order valence-electron chi connectivity index (χ4n) is 4.10.